The molecule has 0 atom stereocenters. The number of nitrogens with two attached hydrogens (primary N) is 2. The van der Waals surface area contributed by atoms with Crippen molar-refractivity contribution >= 4 is 23.3 Å². The molecule has 1 rings (SSSR count). The second-order valence-corrected chi connectivity index (χ2v) is 2.69. The number of anilines is 2. The predicted octanol–water partition coefficient (Wildman–Crippen LogP) is 0.968. The Morgan fingerprint density at radius 3 is 2.60 bits per heavy atom. The van der Waals surface area contributed by atoms with Crippen molar-refractivity contribution in [2.24, 2.45) is 0 Å². The molecular weight excluding hydrogens is 146 g/mol. The summed E-state index contributed by atoms with van der Waals surface area (Å²) in [6, 6.07) is 3.43. The number of hydrogen-bond acceptors (Lipinski definition) is 4. The van der Waals surface area contributed by atoms with Crippen LogP contribution in [0.2, 0.25) is 0 Å². The Morgan fingerprint density at radius 1 is 1.40 bits per heavy atom. The molecule has 0 aromatic carbocycles. The normalized spacial score (nSPS) is 9.70. The van der Waals surface area contributed by atoms with Crippen LogP contribution in [0, 0.1) is 0 Å². The quantitative estimate of drug-likeness (QED) is 0.593. The summed E-state index contributed by atoms with van der Waals surface area (Å²) >= 11 is 1.53. The lowest BCUT2D eigenvalue weighted by atomic mass is 10.4. The molecule has 4 N–H and O–H groups in total. The molecule has 0 radical (unpaired) electrons. The van der Waals surface area contributed by atoms with Gasteiger partial charge in [0.05, 0.1) is 0 Å². The standard InChI is InChI=1S/C6H9N3S/c1-10-6-3-4(7)2-5(8)9-6/h2-3H,1H3,(H4,7,8,9). The maximum atomic E-state index is 5.50. The molecule has 1 aromatic rings. The third kappa shape index (κ3) is 1.54. The zero-order valence-electron chi connectivity index (χ0n) is 5.66. The Labute approximate surface area is 63.8 Å². The zero-order valence-corrected chi connectivity index (χ0v) is 6.48. The summed E-state index contributed by atoms with van der Waals surface area (Å²) in [5, 5.41) is 0.859. The lowest BCUT2D eigenvalue weighted by Crippen LogP contribution is -1.94. The molecule has 0 fully saturated rings. The molecular formula is C6H9N3S. The van der Waals surface area contributed by atoms with Crippen LogP contribution in [-0.2, 0) is 0 Å². The van der Waals surface area contributed by atoms with Crippen LogP contribution < -0.4 is 11.5 Å². The summed E-state index contributed by atoms with van der Waals surface area (Å²) in [4.78, 5) is 4.01. The van der Waals surface area contributed by atoms with Gasteiger partial charge in [0.1, 0.15) is 10.8 Å². The molecule has 10 heavy (non-hydrogen) atoms. The number of nitrogen functional groups attached to an aromatic ring is 2. The summed E-state index contributed by atoms with van der Waals surface area (Å²) in [6.45, 7) is 0. The molecule has 0 spiro atoms. The van der Waals surface area contributed by atoms with Crippen molar-refractivity contribution in [1.29, 1.82) is 0 Å². The fraction of sp³-hybridized carbons (Fsp3) is 0.167. The molecule has 0 aliphatic heterocycles. The SMILES string of the molecule is CSc1cc(N)cc(N)n1. The number of pyridine rings is 1. The van der Waals surface area contributed by atoms with E-state index in [1.54, 1.807) is 12.1 Å². The van der Waals surface area contributed by atoms with E-state index in [1.165, 1.54) is 11.8 Å². The van der Waals surface area contributed by atoms with Crippen molar-refractivity contribution in [3.05, 3.63) is 12.1 Å². The first-order valence-corrected chi connectivity index (χ1v) is 4.02. The zero-order chi connectivity index (χ0) is 7.56. The van der Waals surface area contributed by atoms with Gasteiger partial charge < -0.3 is 11.5 Å². The lowest BCUT2D eigenvalue weighted by Gasteiger charge is -1.98. The second kappa shape index (κ2) is 2.79. The smallest absolute Gasteiger partial charge is 0.126 e. The number of nitrogens with zero attached hydrogens (tertiary/aromatic N) is 1. The molecule has 0 unspecified atom stereocenters. The van der Waals surface area contributed by atoms with Crippen LogP contribution in [0.3, 0.4) is 0 Å². The fourth-order valence-electron chi connectivity index (χ4n) is 0.651. The Balaban J connectivity index is 3.06. The molecule has 0 saturated heterocycles. The van der Waals surface area contributed by atoms with Crippen molar-refractivity contribution in [2.45, 2.75) is 5.03 Å². The highest BCUT2D eigenvalue weighted by atomic mass is 32.2. The molecule has 0 bridgehead atoms. The Kier molecular flexibility index (Phi) is 2.01. The molecule has 0 aliphatic rings. The van der Waals surface area contributed by atoms with Crippen LogP contribution in [-0.4, -0.2) is 11.2 Å². The van der Waals surface area contributed by atoms with E-state index in [-0.39, 0.29) is 0 Å². The van der Waals surface area contributed by atoms with E-state index in [0.29, 0.717) is 11.5 Å². The van der Waals surface area contributed by atoms with E-state index in [4.69, 9.17) is 11.5 Å². The Hall–Kier alpha value is -0.900. The van der Waals surface area contributed by atoms with E-state index in [2.05, 4.69) is 4.98 Å². The molecule has 1 aromatic heterocycles. The van der Waals surface area contributed by atoms with E-state index in [9.17, 15) is 0 Å². The van der Waals surface area contributed by atoms with Gasteiger partial charge >= 0.3 is 0 Å². The van der Waals surface area contributed by atoms with Gasteiger partial charge in [-0.25, -0.2) is 4.98 Å². The van der Waals surface area contributed by atoms with Gasteiger partial charge in [0.15, 0.2) is 0 Å². The maximum absolute atomic E-state index is 5.50. The van der Waals surface area contributed by atoms with Crippen LogP contribution in [0.15, 0.2) is 17.2 Å². The minimum absolute atomic E-state index is 0.476. The summed E-state index contributed by atoms with van der Waals surface area (Å²) in [5.41, 5.74) is 11.6. The van der Waals surface area contributed by atoms with Crippen molar-refractivity contribution in [3.8, 4) is 0 Å². The number of aromatic nitrogens is 1. The highest BCUT2D eigenvalue weighted by Gasteiger charge is 1.94. The summed E-state index contributed by atoms with van der Waals surface area (Å²) < 4.78 is 0. The predicted molar refractivity (Wildman–Crippen MR) is 44.8 cm³/mol. The first-order chi connectivity index (χ1) is 4.72. The van der Waals surface area contributed by atoms with Gasteiger partial charge in [0.2, 0.25) is 0 Å². The highest BCUT2D eigenvalue weighted by molar-refractivity contribution is 7.98. The van der Waals surface area contributed by atoms with Crippen molar-refractivity contribution < 1.29 is 0 Å². The molecule has 54 valence electrons. The number of hydrogen-bond donors (Lipinski definition) is 2. The average molecular weight is 155 g/mol. The fourth-order valence-corrected chi connectivity index (χ4v) is 1.10. The average Bonchev–Trinajstić information content (AvgIpc) is 1.85. The van der Waals surface area contributed by atoms with E-state index in [1.807, 2.05) is 6.26 Å². The van der Waals surface area contributed by atoms with Gasteiger partial charge in [-0.3, -0.25) is 0 Å². The minimum atomic E-state index is 0.476. The summed E-state index contributed by atoms with van der Waals surface area (Å²) in [6.07, 6.45) is 1.93. The van der Waals surface area contributed by atoms with E-state index < -0.39 is 0 Å². The van der Waals surface area contributed by atoms with Crippen LogP contribution in [0.4, 0.5) is 11.5 Å². The van der Waals surface area contributed by atoms with Crippen LogP contribution in [0.5, 0.6) is 0 Å². The molecule has 4 heteroatoms. The minimum Gasteiger partial charge on any atom is -0.399 e. The Morgan fingerprint density at radius 2 is 2.10 bits per heavy atom. The first kappa shape index (κ1) is 7.21. The third-order valence-electron chi connectivity index (χ3n) is 1.05. The molecule has 3 nitrogen and oxygen atoms in total. The second-order valence-electron chi connectivity index (χ2n) is 1.87. The van der Waals surface area contributed by atoms with Crippen LogP contribution in [0.1, 0.15) is 0 Å². The molecule has 0 amide bonds. The Bertz CT molecular complexity index is 216. The van der Waals surface area contributed by atoms with Gasteiger partial charge in [0, 0.05) is 11.8 Å². The lowest BCUT2D eigenvalue weighted by molar-refractivity contribution is 1.15. The molecule has 0 aliphatic carbocycles. The topological polar surface area (TPSA) is 64.9 Å². The highest BCUT2D eigenvalue weighted by Crippen LogP contribution is 2.16. The van der Waals surface area contributed by atoms with Crippen molar-refractivity contribution in [3.63, 3.8) is 0 Å². The maximum Gasteiger partial charge on any atom is 0.126 e. The number of rotatable bonds is 1. The summed E-state index contributed by atoms with van der Waals surface area (Å²) in [7, 11) is 0. The number of thioether (sulfide) groups is 1. The van der Waals surface area contributed by atoms with Crippen molar-refractivity contribution in [1.82, 2.24) is 4.98 Å². The van der Waals surface area contributed by atoms with Gasteiger partial charge in [-0.05, 0) is 12.3 Å². The van der Waals surface area contributed by atoms with Gasteiger partial charge in [-0.1, -0.05) is 0 Å². The summed E-state index contributed by atoms with van der Waals surface area (Å²) in [5.74, 6) is 0.476. The van der Waals surface area contributed by atoms with E-state index in [0.717, 1.165) is 5.03 Å². The van der Waals surface area contributed by atoms with Crippen molar-refractivity contribution in [2.75, 3.05) is 17.7 Å². The first-order valence-electron chi connectivity index (χ1n) is 2.79. The largest absolute Gasteiger partial charge is 0.399 e. The van der Waals surface area contributed by atoms with Gasteiger partial charge in [-0.2, -0.15) is 0 Å². The third-order valence-corrected chi connectivity index (χ3v) is 1.68. The van der Waals surface area contributed by atoms with Crippen LogP contribution >= 0.6 is 11.8 Å². The van der Waals surface area contributed by atoms with Gasteiger partial charge in [0.25, 0.3) is 0 Å². The molecule has 1 heterocycles. The molecule has 0 saturated carbocycles. The monoisotopic (exact) mass is 155 g/mol. The van der Waals surface area contributed by atoms with E-state index >= 15 is 0 Å². The van der Waals surface area contributed by atoms with Crippen LogP contribution in [0.25, 0.3) is 0 Å². The van der Waals surface area contributed by atoms with Gasteiger partial charge in [-0.15, -0.1) is 11.8 Å².